The van der Waals surface area contributed by atoms with Crippen molar-refractivity contribution < 1.29 is 4.79 Å². The molecule has 0 radical (unpaired) electrons. The Balaban J connectivity index is 2.53. The molecule has 0 amide bonds. The topological polar surface area (TPSA) is 34.9 Å². The minimum atomic E-state index is 0.659. The minimum Gasteiger partial charge on any atom is -0.298 e. The first-order valence-corrected chi connectivity index (χ1v) is 6.81. The van der Waals surface area contributed by atoms with Gasteiger partial charge in [0.25, 0.3) is 0 Å². The Bertz CT molecular complexity index is 575. The van der Waals surface area contributed by atoms with Gasteiger partial charge in [-0.25, -0.2) is 4.68 Å². The molecule has 0 aliphatic carbocycles. The lowest BCUT2D eigenvalue weighted by Gasteiger charge is -2.08. The quantitative estimate of drug-likeness (QED) is 0.809. The molecule has 0 atom stereocenters. The van der Waals surface area contributed by atoms with Crippen molar-refractivity contribution in [3.05, 3.63) is 45.7 Å². The van der Waals surface area contributed by atoms with Gasteiger partial charge in [-0.15, -0.1) is 0 Å². The molecule has 0 aliphatic heterocycles. The molecule has 3 nitrogen and oxygen atoms in total. The normalized spacial score (nSPS) is 10.6. The maximum atomic E-state index is 10.7. The first-order valence-electron chi connectivity index (χ1n) is 6.02. The van der Waals surface area contributed by atoms with Crippen LogP contribution in [0.4, 0.5) is 0 Å². The van der Waals surface area contributed by atoms with Crippen molar-refractivity contribution >= 4 is 22.2 Å². The van der Waals surface area contributed by atoms with Crippen LogP contribution in [-0.4, -0.2) is 16.1 Å². The van der Waals surface area contributed by atoms with Gasteiger partial charge in [-0.05, 0) is 53.0 Å². The molecular weight excluding hydrogens is 292 g/mol. The molecule has 1 aromatic heterocycles. The van der Waals surface area contributed by atoms with Gasteiger partial charge >= 0.3 is 0 Å². The number of nitrogens with zero attached hydrogens (tertiary/aromatic N) is 2. The lowest BCUT2D eigenvalue weighted by atomic mass is 10.2. The third kappa shape index (κ3) is 2.38. The summed E-state index contributed by atoms with van der Waals surface area (Å²) in [5, 5.41) is 4.58. The standard InChI is InChI=1S/C14H15BrN2O/c1-3-11-8-12(4-2)17(16-11)14-6-5-10(9-18)7-13(14)15/h5-9H,3-4H2,1-2H3. The second-order valence-electron chi connectivity index (χ2n) is 4.07. The summed E-state index contributed by atoms with van der Waals surface area (Å²) in [5.41, 5.74) is 3.88. The molecule has 0 unspecified atom stereocenters. The van der Waals surface area contributed by atoms with Gasteiger partial charge < -0.3 is 0 Å². The molecule has 94 valence electrons. The van der Waals surface area contributed by atoms with E-state index in [0.29, 0.717) is 5.56 Å². The van der Waals surface area contributed by atoms with Gasteiger partial charge in [0.1, 0.15) is 6.29 Å². The Morgan fingerprint density at radius 3 is 2.61 bits per heavy atom. The van der Waals surface area contributed by atoms with Crippen LogP contribution in [0.1, 0.15) is 35.6 Å². The number of hydrogen-bond acceptors (Lipinski definition) is 2. The highest BCUT2D eigenvalue weighted by atomic mass is 79.9. The molecule has 2 aromatic rings. The average Bonchev–Trinajstić information content (AvgIpc) is 2.81. The van der Waals surface area contributed by atoms with Crippen molar-refractivity contribution in [3.63, 3.8) is 0 Å². The van der Waals surface area contributed by atoms with E-state index in [1.165, 1.54) is 5.69 Å². The summed E-state index contributed by atoms with van der Waals surface area (Å²) in [4.78, 5) is 10.7. The SMILES string of the molecule is CCc1cc(CC)n(-c2ccc(C=O)cc2Br)n1. The number of carbonyl (C=O) groups excluding carboxylic acids is 1. The van der Waals surface area contributed by atoms with E-state index in [4.69, 9.17) is 0 Å². The first-order chi connectivity index (χ1) is 8.69. The molecule has 2 rings (SSSR count). The van der Waals surface area contributed by atoms with Crippen molar-refractivity contribution in [2.75, 3.05) is 0 Å². The minimum absolute atomic E-state index is 0.659. The Labute approximate surface area is 115 Å². The Hall–Kier alpha value is -1.42. The van der Waals surface area contributed by atoms with Crippen LogP contribution in [0.2, 0.25) is 0 Å². The number of rotatable bonds is 4. The Morgan fingerprint density at radius 2 is 2.06 bits per heavy atom. The molecule has 1 aromatic carbocycles. The number of halogens is 1. The van der Waals surface area contributed by atoms with Crippen LogP contribution >= 0.6 is 15.9 Å². The number of carbonyl (C=O) groups is 1. The van der Waals surface area contributed by atoms with E-state index in [2.05, 4.69) is 40.9 Å². The van der Waals surface area contributed by atoms with Gasteiger partial charge in [0, 0.05) is 15.7 Å². The predicted octanol–water partition coefficient (Wildman–Crippen LogP) is 3.57. The van der Waals surface area contributed by atoms with Crippen LogP contribution in [0.5, 0.6) is 0 Å². The third-order valence-corrected chi connectivity index (χ3v) is 3.53. The van der Waals surface area contributed by atoms with Gasteiger partial charge in [0.05, 0.1) is 11.4 Å². The van der Waals surface area contributed by atoms with Crippen LogP contribution < -0.4 is 0 Å². The largest absolute Gasteiger partial charge is 0.298 e. The summed E-state index contributed by atoms with van der Waals surface area (Å²) in [6.07, 6.45) is 2.69. The van der Waals surface area contributed by atoms with Crippen molar-refractivity contribution in [1.29, 1.82) is 0 Å². The molecule has 0 saturated heterocycles. The fourth-order valence-corrected chi connectivity index (χ4v) is 2.44. The van der Waals surface area contributed by atoms with Gasteiger partial charge in [-0.2, -0.15) is 5.10 Å². The monoisotopic (exact) mass is 306 g/mol. The van der Waals surface area contributed by atoms with E-state index >= 15 is 0 Å². The van der Waals surface area contributed by atoms with Gasteiger partial charge in [-0.1, -0.05) is 13.8 Å². The second kappa shape index (κ2) is 5.48. The van der Waals surface area contributed by atoms with E-state index in [9.17, 15) is 4.79 Å². The van der Waals surface area contributed by atoms with Crippen LogP contribution in [0.15, 0.2) is 28.7 Å². The van der Waals surface area contributed by atoms with E-state index in [-0.39, 0.29) is 0 Å². The highest BCUT2D eigenvalue weighted by Crippen LogP contribution is 2.24. The zero-order valence-electron chi connectivity index (χ0n) is 10.5. The lowest BCUT2D eigenvalue weighted by Crippen LogP contribution is -2.03. The molecule has 0 saturated carbocycles. The number of hydrogen-bond donors (Lipinski definition) is 0. The number of aromatic nitrogens is 2. The molecule has 0 fully saturated rings. The number of aryl methyl sites for hydroxylation is 2. The van der Waals surface area contributed by atoms with Gasteiger partial charge in [0.2, 0.25) is 0 Å². The molecular formula is C14H15BrN2O. The summed E-state index contributed by atoms with van der Waals surface area (Å²) in [6, 6.07) is 7.66. The van der Waals surface area contributed by atoms with E-state index in [1.54, 1.807) is 6.07 Å². The summed E-state index contributed by atoms with van der Waals surface area (Å²) >= 11 is 3.50. The summed E-state index contributed by atoms with van der Waals surface area (Å²) < 4.78 is 2.82. The highest BCUT2D eigenvalue weighted by Gasteiger charge is 2.10. The van der Waals surface area contributed by atoms with Gasteiger partial charge in [-0.3, -0.25) is 4.79 Å². The van der Waals surface area contributed by atoms with Crippen LogP contribution in [0, 0.1) is 0 Å². The molecule has 0 aliphatic rings. The Kier molecular flexibility index (Phi) is 3.97. The Morgan fingerprint density at radius 1 is 1.28 bits per heavy atom. The van der Waals surface area contributed by atoms with Gasteiger partial charge in [0.15, 0.2) is 0 Å². The number of benzene rings is 1. The van der Waals surface area contributed by atoms with E-state index in [1.807, 2.05) is 16.8 Å². The van der Waals surface area contributed by atoms with Crippen molar-refractivity contribution in [1.82, 2.24) is 9.78 Å². The molecule has 0 bridgehead atoms. The molecule has 18 heavy (non-hydrogen) atoms. The van der Waals surface area contributed by atoms with E-state index < -0.39 is 0 Å². The maximum absolute atomic E-state index is 10.7. The fourth-order valence-electron chi connectivity index (χ4n) is 1.88. The van der Waals surface area contributed by atoms with E-state index in [0.717, 1.165) is 35.0 Å². The average molecular weight is 307 g/mol. The molecule has 1 heterocycles. The zero-order valence-corrected chi connectivity index (χ0v) is 12.1. The van der Waals surface area contributed by atoms with Crippen LogP contribution in [-0.2, 0) is 12.8 Å². The maximum Gasteiger partial charge on any atom is 0.150 e. The van der Waals surface area contributed by atoms with Crippen molar-refractivity contribution in [2.45, 2.75) is 26.7 Å². The van der Waals surface area contributed by atoms with Crippen LogP contribution in [0.3, 0.4) is 0 Å². The van der Waals surface area contributed by atoms with Crippen LogP contribution in [0.25, 0.3) is 5.69 Å². The second-order valence-corrected chi connectivity index (χ2v) is 4.93. The third-order valence-electron chi connectivity index (χ3n) is 2.89. The summed E-state index contributed by atoms with van der Waals surface area (Å²) in [5.74, 6) is 0. The number of aldehydes is 1. The first kappa shape index (κ1) is 13.0. The summed E-state index contributed by atoms with van der Waals surface area (Å²) in [6.45, 7) is 4.21. The predicted molar refractivity (Wildman–Crippen MR) is 75.4 cm³/mol. The molecule has 0 spiro atoms. The molecule has 0 N–H and O–H groups in total. The molecule has 4 heteroatoms. The van der Waals surface area contributed by atoms with Crippen molar-refractivity contribution in [2.24, 2.45) is 0 Å². The highest BCUT2D eigenvalue weighted by molar-refractivity contribution is 9.10. The smallest absolute Gasteiger partial charge is 0.150 e. The fraction of sp³-hybridized carbons (Fsp3) is 0.286. The van der Waals surface area contributed by atoms with Crippen molar-refractivity contribution in [3.8, 4) is 5.69 Å². The lowest BCUT2D eigenvalue weighted by molar-refractivity contribution is 0.112. The summed E-state index contributed by atoms with van der Waals surface area (Å²) in [7, 11) is 0. The zero-order chi connectivity index (χ0) is 13.1.